The van der Waals surface area contributed by atoms with E-state index < -0.39 is 16.5 Å². The first kappa shape index (κ1) is 23.0. The first-order valence-corrected chi connectivity index (χ1v) is 10.9. The number of fused-ring (bicyclic) bond motifs is 1. The van der Waals surface area contributed by atoms with Gasteiger partial charge in [0.15, 0.2) is 10.5 Å². The van der Waals surface area contributed by atoms with Gasteiger partial charge in [0.05, 0.1) is 5.52 Å². The normalized spacial score (nSPS) is 13.8. The van der Waals surface area contributed by atoms with E-state index in [-0.39, 0.29) is 0 Å². The highest BCUT2D eigenvalue weighted by atomic mass is 32.1. The zero-order chi connectivity index (χ0) is 22.8. The molecule has 5 heteroatoms. The summed E-state index contributed by atoms with van der Waals surface area (Å²) in [6.07, 6.45) is 1.14. The second-order valence-corrected chi connectivity index (χ2v) is 9.69. The fourth-order valence-corrected chi connectivity index (χ4v) is 3.60. The number of esters is 1. The summed E-state index contributed by atoms with van der Waals surface area (Å²) in [5.74, 6) is 0.633. The van der Waals surface area contributed by atoms with Crippen molar-refractivity contribution in [2.75, 3.05) is 0 Å². The lowest BCUT2D eigenvalue weighted by Gasteiger charge is -2.39. The van der Waals surface area contributed by atoms with Gasteiger partial charge in [-0.25, -0.2) is 4.79 Å². The zero-order valence-electron chi connectivity index (χ0n) is 18.9. The van der Waals surface area contributed by atoms with Crippen LogP contribution in [0, 0.1) is 5.92 Å². The number of ether oxygens (including phenoxy) is 2. The molecule has 0 amide bonds. The number of benzene rings is 2. The van der Waals surface area contributed by atoms with Crippen LogP contribution in [0.2, 0.25) is 0 Å². The Bertz CT molecular complexity index is 1080. The van der Waals surface area contributed by atoms with Gasteiger partial charge in [0.2, 0.25) is 0 Å². The summed E-state index contributed by atoms with van der Waals surface area (Å²) >= 11 is 4.69. The van der Waals surface area contributed by atoms with Crippen LogP contribution < -0.4 is 4.74 Å². The number of thiol groups is 1. The lowest BCUT2D eigenvalue weighted by molar-refractivity contribution is -0.161. The van der Waals surface area contributed by atoms with Crippen molar-refractivity contribution in [3.05, 3.63) is 67.3 Å². The van der Waals surface area contributed by atoms with Gasteiger partial charge in [-0.2, -0.15) is 0 Å². The summed E-state index contributed by atoms with van der Waals surface area (Å²) in [5.41, 5.74) is 2.47. The molecule has 0 saturated carbocycles. The molecule has 1 heterocycles. The van der Waals surface area contributed by atoms with Gasteiger partial charge >= 0.3 is 5.97 Å². The van der Waals surface area contributed by atoms with Gasteiger partial charge in [0, 0.05) is 29.8 Å². The summed E-state index contributed by atoms with van der Waals surface area (Å²) in [6, 6.07) is 18.6. The third-order valence-corrected chi connectivity index (χ3v) is 6.08. The third-order valence-electron chi connectivity index (χ3n) is 5.45. The number of rotatable bonds is 8. The molecule has 31 heavy (non-hydrogen) atoms. The fourth-order valence-electron chi connectivity index (χ4n) is 3.45. The van der Waals surface area contributed by atoms with Crippen molar-refractivity contribution in [3.8, 4) is 17.0 Å². The smallest absolute Gasteiger partial charge is 0.330 e. The Morgan fingerprint density at radius 3 is 2.42 bits per heavy atom. The SMILES string of the molecule is C=CC(=O)OC(C)(C)C(C)(S)Oc1ccc2cc(-c3ccccc3)n(CC(C)C)c2c1. The number of hydrogen-bond donors (Lipinski definition) is 1. The van der Waals surface area contributed by atoms with Crippen molar-refractivity contribution < 1.29 is 14.3 Å². The second kappa shape index (κ2) is 8.83. The molecule has 0 bridgehead atoms. The zero-order valence-corrected chi connectivity index (χ0v) is 19.8. The van der Waals surface area contributed by atoms with E-state index >= 15 is 0 Å². The molecule has 0 radical (unpaired) electrons. The first-order valence-electron chi connectivity index (χ1n) is 10.5. The van der Waals surface area contributed by atoms with Crippen molar-refractivity contribution in [2.45, 2.75) is 51.7 Å². The number of hydrogen-bond acceptors (Lipinski definition) is 4. The minimum absolute atomic E-state index is 0.482. The van der Waals surface area contributed by atoms with Crippen LogP contribution in [-0.4, -0.2) is 21.1 Å². The Morgan fingerprint density at radius 2 is 1.81 bits per heavy atom. The van der Waals surface area contributed by atoms with Crippen molar-refractivity contribution >= 4 is 29.5 Å². The molecule has 0 aliphatic carbocycles. The maximum atomic E-state index is 11.8. The van der Waals surface area contributed by atoms with Crippen LogP contribution in [-0.2, 0) is 16.1 Å². The summed E-state index contributed by atoms with van der Waals surface area (Å²) < 4.78 is 14.1. The molecule has 0 saturated heterocycles. The molecule has 3 rings (SSSR count). The van der Waals surface area contributed by atoms with Crippen LogP contribution in [0.5, 0.6) is 5.75 Å². The van der Waals surface area contributed by atoms with E-state index in [2.05, 4.69) is 74.0 Å². The lowest BCUT2D eigenvalue weighted by Crippen LogP contribution is -2.50. The number of carbonyl (C=O) groups excluding carboxylic acids is 1. The van der Waals surface area contributed by atoms with Crippen molar-refractivity contribution in [2.24, 2.45) is 5.92 Å². The van der Waals surface area contributed by atoms with Crippen LogP contribution in [0.1, 0.15) is 34.6 Å². The quantitative estimate of drug-likeness (QED) is 0.189. The van der Waals surface area contributed by atoms with E-state index in [0.717, 1.165) is 23.5 Å². The highest BCUT2D eigenvalue weighted by Crippen LogP contribution is 2.37. The van der Waals surface area contributed by atoms with E-state index in [1.165, 1.54) is 11.3 Å². The van der Waals surface area contributed by atoms with E-state index in [0.29, 0.717) is 11.7 Å². The van der Waals surface area contributed by atoms with Crippen LogP contribution >= 0.6 is 12.6 Å². The Balaban J connectivity index is 2.02. The van der Waals surface area contributed by atoms with Crippen molar-refractivity contribution in [1.82, 2.24) is 4.57 Å². The molecule has 3 aromatic rings. The van der Waals surface area contributed by atoms with E-state index in [9.17, 15) is 4.79 Å². The average molecular weight is 438 g/mol. The molecule has 4 nitrogen and oxygen atoms in total. The molecular weight excluding hydrogens is 406 g/mol. The molecule has 1 atom stereocenters. The summed E-state index contributed by atoms with van der Waals surface area (Å²) in [7, 11) is 0. The Labute approximate surface area is 190 Å². The van der Waals surface area contributed by atoms with Crippen LogP contribution in [0.3, 0.4) is 0 Å². The maximum Gasteiger partial charge on any atom is 0.330 e. The largest absolute Gasteiger partial charge is 0.473 e. The number of carbonyl (C=O) groups is 1. The third kappa shape index (κ3) is 4.99. The van der Waals surface area contributed by atoms with Gasteiger partial charge in [-0.3, -0.25) is 0 Å². The highest BCUT2D eigenvalue weighted by Gasteiger charge is 2.43. The van der Waals surface area contributed by atoms with Gasteiger partial charge in [-0.1, -0.05) is 50.8 Å². The minimum atomic E-state index is -1.06. The molecule has 1 unspecified atom stereocenters. The molecule has 0 aliphatic rings. The minimum Gasteiger partial charge on any atom is -0.473 e. The molecule has 2 aromatic carbocycles. The van der Waals surface area contributed by atoms with Gasteiger partial charge in [0.1, 0.15) is 5.75 Å². The average Bonchev–Trinajstić information content (AvgIpc) is 3.05. The molecule has 0 spiro atoms. The molecule has 1 aromatic heterocycles. The van der Waals surface area contributed by atoms with E-state index in [1.807, 2.05) is 18.2 Å². The highest BCUT2D eigenvalue weighted by molar-refractivity contribution is 7.81. The summed E-state index contributed by atoms with van der Waals surface area (Å²) in [6.45, 7) is 14.1. The molecular formula is C26H31NO3S. The number of nitrogens with zero attached hydrogens (tertiary/aromatic N) is 1. The maximum absolute atomic E-state index is 11.8. The monoisotopic (exact) mass is 437 g/mol. The predicted molar refractivity (Wildman–Crippen MR) is 131 cm³/mol. The summed E-state index contributed by atoms with van der Waals surface area (Å²) in [5, 5.41) is 1.14. The van der Waals surface area contributed by atoms with Crippen LogP contribution in [0.25, 0.3) is 22.2 Å². The lowest BCUT2D eigenvalue weighted by atomic mass is 10.0. The molecule has 0 aliphatic heterocycles. The fraction of sp³-hybridized carbons (Fsp3) is 0.346. The van der Waals surface area contributed by atoms with E-state index in [4.69, 9.17) is 9.47 Å². The van der Waals surface area contributed by atoms with Crippen molar-refractivity contribution in [1.29, 1.82) is 0 Å². The molecule has 164 valence electrons. The first-order chi connectivity index (χ1) is 14.5. The number of aromatic nitrogens is 1. The standard InChI is InChI=1S/C26H31NO3S/c1-7-24(28)30-25(4,5)26(6,31)29-21-14-13-20-15-22(19-11-9-8-10-12-19)27(17-18(2)3)23(20)16-21/h7-16,18,31H,1,17H2,2-6H3. The van der Waals surface area contributed by atoms with Gasteiger partial charge in [-0.05, 0) is 50.5 Å². The van der Waals surface area contributed by atoms with Crippen LogP contribution in [0.15, 0.2) is 67.3 Å². The predicted octanol–water partition coefficient (Wildman–Crippen LogP) is 6.50. The van der Waals surface area contributed by atoms with Gasteiger partial charge in [0.25, 0.3) is 0 Å². The van der Waals surface area contributed by atoms with Gasteiger partial charge < -0.3 is 14.0 Å². The topological polar surface area (TPSA) is 40.5 Å². The Hall–Kier alpha value is -2.66. The Kier molecular flexibility index (Phi) is 6.56. The molecule has 0 N–H and O–H groups in total. The summed E-state index contributed by atoms with van der Waals surface area (Å²) in [4.78, 5) is 10.7. The second-order valence-electron chi connectivity index (χ2n) is 8.84. The van der Waals surface area contributed by atoms with Crippen LogP contribution in [0.4, 0.5) is 0 Å². The van der Waals surface area contributed by atoms with E-state index in [1.54, 1.807) is 20.8 Å². The van der Waals surface area contributed by atoms with Gasteiger partial charge in [-0.15, -0.1) is 12.6 Å². The Morgan fingerprint density at radius 1 is 1.13 bits per heavy atom. The molecule has 0 fully saturated rings. The van der Waals surface area contributed by atoms with Crippen molar-refractivity contribution in [3.63, 3.8) is 0 Å².